The van der Waals surface area contributed by atoms with Crippen molar-refractivity contribution in [3.05, 3.63) is 0 Å². The van der Waals surface area contributed by atoms with Crippen LogP contribution in [0.5, 0.6) is 0 Å². The Labute approximate surface area is 133 Å². The van der Waals surface area contributed by atoms with Crippen molar-refractivity contribution >= 4 is 12.1 Å². The number of alkyl carbamates (subject to hydrolysis) is 1. The number of aliphatic carboxylic acids is 1. The van der Waals surface area contributed by atoms with E-state index in [1.54, 1.807) is 20.8 Å². The third-order valence-corrected chi connectivity index (χ3v) is 4.41. The van der Waals surface area contributed by atoms with E-state index in [1.165, 1.54) is 0 Å². The minimum absolute atomic E-state index is 0.0244. The lowest BCUT2D eigenvalue weighted by Gasteiger charge is -2.38. The van der Waals surface area contributed by atoms with Gasteiger partial charge in [-0.2, -0.15) is 0 Å². The number of carboxylic acid groups (broad SMARTS) is 1. The van der Waals surface area contributed by atoms with Gasteiger partial charge in [0.1, 0.15) is 11.6 Å². The fraction of sp³-hybridized carbons (Fsp3) is 0.882. The zero-order chi connectivity index (χ0) is 17.1. The number of amides is 1. The molecule has 1 saturated carbocycles. The molecule has 0 radical (unpaired) electrons. The molecule has 0 aromatic rings. The maximum absolute atomic E-state index is 11.8. The van der Waals surface area contributed by atoms with Gasteiger partial charge in [0, 0.05) is 0 Å². The second kappa shape index (κ2) is 6.88. The molecule has 1 unspecified atom stereocenters. The zero-order valence-corrected chi connectivity index (χ0v) is 14.7. The van der Waals surface area contributed by atoms with Gasteiger partial charge < -0.3 is 15.2 Å². The van der Waals surface area contributed by atoms with E-state index in [-0.39, 0.29) is 11.3 Å². The molecule has 0 saturated heterocycles. The first kappa shape index (κ1) is 18.8. The Morgan fingerprint density at radius 3 is 1.91 bits per heavy atom. The minimum atomic E-state index is -0.981. The van der Waals surface area contributed by atoms with Gasteiger partial charge in [-0.25, -0.2) is 9.59 Å². The molecule has 0 aromatic heterocycles. The Kier molecular flexibility index (Phi) is 5.88. The number of rotatable bonds is 3. The normalized spacial score (nSPS) is 24.5. The summed E-state index contributed by atoms with van der Waals surface area (Å²) in [4.78, 5) is 23.4. The quantitative estimate of drug-likeness (QED) is 0.830. The van der Waals surface area contributed by atoms with Gasteiger partial charge in [-0.05, 0) is 63.7 Å². The third-order valence-electron chi connectivity index (χ3n) is 4.41. The van der Waals surface area contributed by atoms with Crippen LogP contribution in [0.15, 0.2) is 0 Å². The Hall–Kier alpha value is -1.26. The van der Waals surface area contributed by atoms with Gasteiger partial charge in [0.15, 0.2) is 0 Å². The number of carbonyl (C=O) groups excluding carboxylic acids is 1. The van der Waals surface area contributed by atoms with E-state index in [9.17, 15) is 14.7 Å². The SMILES string of the molecule is CC(C)(C)OC(=O)NC(C(=O)O)C1CCC(C(C)(C)C)CC1. The monoisotopic (exact) mass is 313 g/mol. The smallest absolute Gasteiger partial charge is 0.408 e. The molecular weight excluding hydrogens is 282 g/mol. The molecule has 128 valence electrons. The van der Waals surface area contributed by atoms with Crippen molar-refractivity contribution in [2.45, 2.75) is 78.9 Å². The summed E-state index contributed by atoms with van der Waals surface area (Å²) in [5.74, 6) is -0.395. The molecule has 1 atom stereocenters. The molecule has 0 bridgehead atoms. The Morgan fingerprint density at radius 1 is 1.05 bits per heavy atom. The number of carboxylic acids is 1. The summed E-state index contributed by atoms with van der Waals surface area (Å²) in [6, 6.07) is -0.865. The fourth-order valence-electron chi connectivity index (χ4n) is 3.13. The summed E-state index contributed by atoms with van der Waals surface area (Å²) < 4.78 is 5.17. The van der Waals surface area contributed by atoms with Crippen LogP contribution in [0.4, 0.5) is 4.79 Å². The highest BCUT2D eigenvalue weighted by Gasteiger charge is 2.36. The molecule has 1 aliphatic rings. The largest absolute Gasteiger partial charge is 0.480 e. The van der Waals surface area contributed by atoms with Gasteiger partial charge >= 0.3 is 12.1 Å². The van der Waals surface area contributed by atoms with Crippen LogP contribution in [0, 0.1) is 17.3 Å². The van der Waals surface area contributed by atoms with E-state index >= 15 is 0 Å². The van der Waals surface area contributed by atoms with E-state index in [0.29, 0.717) is 5.92 Å². The number of hydrogen-bond acceptors (Lipinski definition) is 3. The van der Waals surface area contributed by atoms with Crippen LogP contribution >= 0.6 is 0 Å². The summed E-state index contributed by atoms with van der Waals surface area (Å²) in [7, 11) is 0. The van der Waals surface area contributed by atoms with Crippen molar-refractivity contribution in [3.63, 3.8) is 0 Å². The summed E-state index contributed by atoms with van der Waals surface area (Å²) >= 11 is 0. The average molecular weight is 313 g/mol. The highest BCUT2D eigenvalue weighted by molar-refractivity contribution is 5.80. The van der Waals surface area contributed by atoms with E-state index in [1.807, 2.05) is 0 Å². The van der Waals surface area contributed by atoms with Crippen LogP contribution in [-0.4, -0.2) is 28.8 Å². The highest BCUT2D eigenvalue weighted by atomic mass is 16.6. The first-order valence-corrected chi connectivity index (χ1v) is 8.12. The number of hydrogen-bond donors (Lipinski definition) is 2. The summed E-state index contributed by atoms with van der Waals surface area (Å²) in [5.41, 5.74) is -0.376. The molecule has 1 amide bonds. The van der Waals surface area contributed by atoms with E-state index in [4.69, 9.17) is 4.74 Å². The van der Waals surface area contributed by atoms with Crippen molar-refractivity contribution in [2.75, 3.05) is 0 Å². The van der Waals surface area contributed by atoms with Crippen molar-refractivity contribution in [3.8, 4) is 0 Å². The number of carbonyl (C=O) groups is 2. The maximum atomic E-state index is 11.8. The number of ether oxygens (including phenoxy) is 1. The third kappa shape index (κ3) is 5.85. The van der Waals surface area contributed by atoms with Crippen molar-refractivity contribution in [1.82, 2.24) is 5.32 Å². The standard InChI is InChI=1S/C17H31NO4/c1-16(2,3)12-9-7-11(8-10-12)13(14(19)20)18-15(21)22-17(4,5)6/h11-13H,7-10H2,1-6H3,(H,18,21)(H,19,20). The molecule has 1 rings (SSSR count). The zero-order valence-electron chi connectivity index (χ0n) is 14.7. The lowest BCUT2D eigenvalue weighted by molar-refractivity contribution is -0.141. The van der Waals surface area contributed by atoms with Gasteiger partial charge in [0.25, 0.3) is 0 Å². The first-order valence-electron chi connectivity index (χ1n) is 8.12. The molecule has 5 nitrogen and oxygen atoms in total. The fourth-order valence-corrected chi connectivity index (χ4v) is 3.13. The number of nitrogens with one attached hydrogen (secondary N) is 1. The van der Waals surface area contributed by atoms with E-state index in [0.717, 1.165) is 25.7 Å². The maximum Gasteiger partial charge on any atom is 0.408 e. The molecule has 0 aliphatic heterocycles. The molecule has 2 N–H and O–H groups in total. The molecular formula is C17H31NO4. The Bertz CT molecular complexity index is 398. The Morgan fingerprint density at radius 2 is 1.55 bits per heavy atom. The predicted molar refractivity (Wildman–Crippen MR) is 85.7 cm³/mol. The second-order valence-corrected chi connectivity index (χ2v) is 8.44. The minimum Gasteiger partial charge on any atom is -0.480 e. The lowest BCUT2D eigenvalue weighted by atomic mass is 9.68. The van der Waals surface area contributed by atoms with E-state index in [2.05, 4.69) is 26.1 Å². The second-order valence-electron chi connectivity index (χ2n) is 8.44. The van der Waals surface area contributed by atoms with Crippen LogP contribution in [0.1, 0.15) is 67.2 Å². The van der Waals surface area contributed by atoms with Crippen LogP contribution in [0.2, 0.25) is 0 Å². The average Bonchev–Trinajstić information content (AvgIpc) is 2.32. The van der Waals surface area contributed by atoms with Crippen LogP contribution in [0.3, 0.4) is 0 Å². The lowest BCUT2D eigenvalue weighted by Crippen LogP contribution is -2.48. The molecule has 5 heteroatoms. The molecule has 0 heterocycles. The van der Waals surface area contributed by atoms with Crippen LogP contribution < -0.4 is 5.32 Å². The van der Waals surface area contributed by atoms with Crippen molar-refractivity contribution in [1.29, 1.82) is 0 Å². The van der Waals surface area contributed by atoms with Crippen molar-refractivity contribution < 1.29 is 19.4 Å². The van der Waals surface area contributed by atoms with Crippen molar-refractivity contribution in [2.24, 2.45) is 17.3 Å². The van der Waals surface area contributed by atoms with Crippen LogP contribution in [0.25, 0.3) is 0 Å². The predicted octanol–water partition coefficient (Wildman–Crippen LogP) is 3.82. The molecule has 1 fully saturated rings. The van der Waals surface area contributed by atoms with Gasteiger partial charge in [-0.15, -0.1) is 0 Å². The Balaban J connectivity index is 2.63. The summed E-state index contributed by atoms with van der Waals surface area (Å²) in [6.45, 7) is 12.0. The highest BCUT2D eigenvalue weighted by Crippen LogP contribution is 2.40. The van der Waals surface area contributed by atoms with Crippen LogP contribution in [-0.2, 0) is 9.53 Å². The van der Waals surface area contributed by atoms with Gasteiger partial charge in [-0.1, -0.05) is 20.8 Å². The molecule has 0 aromatic carbocycles. The topological polar surface area (TPSA) is 75.6 Å². The van der Waals surface area contributed by atoms with E-state index < -0.39 is 23.7 Å². The van der Waals surface area contributed by atoms with Gasteiger partial charge in [-0.3, -0.25) is 0 Å². The molecule has 0 spiro atoms. The van der Waals surface area contributed by atoms with Gasteiger partial charge in [0.2, 0.25) is 0 Å². The summed E-state index contributed by atoms with van der Waals surface area (Å²) in [6.07, 6.45) is 3.02. The summed E-state index contributed by atoms with van der Waals surface area (Å²) in [5, 5.41) is 12.0. The molecule has 22 heavy (non-hydrogen) atoms. The first-order chi connectivity index (χ1) is 9.90. The van der Waals surface area contributed by atoms with Gasteiger partial charge in [0.05, 0.1) is 0 Å². The molecule has 1 aliphatic carbocycles.